The molecule has 1 fully saturated rings. The highest BCUT2D eigenvalue weighted by molar-refractivity contribution is 5.96. The van der Waals surface area contributed by atoms with Gasteiger partial charge in [-0.1, -0.05) is 37.2 Å². The minimum atomic E-state index is 0.000415. The zero-order chi connectivity index (χ0) is 18.8. The lowest BCUT2D eigenvalue weighted by atomic mass is 9.99. The van der Waals surface area contributed by atoms with E-state index in [1.54, 1.807) is 7.11 Å². The van der Waals surface area contributed by atoms with Crippen molar-refractivity contribution in [2.45, 2.75) is 32.7 Å². The van der Waals surface area contributed by atoms with E-state index in [1.807, 2.05) is 43.9 Å². The molecule has 6 heteroatoms. The van der Waals surface area contributed by atoms with Crippen LogP contribution in [0, 0.1) is 6.92 Å². The van der Waals surface area contributed by atoms with E-state index >= 15 is 0 Å². The number of methoxy groups -OCH3 is 1. The van der Waals surface area contributed by atoms with Crippen LogP contribution in [-0.2, 0) is 0 Å². The van der Waals surface area contributed by atoms with Crippen LogP contribution in [0.2, 0.25) is 0 Å². The third kappa shape index (κ3) is 3.33. The largest absolute Gasteiger partial charge is 0.496 e. The number of nitrogens with zero attached hydrogens (tertiary/aromatic N) is 3. The fourth-order valence-corrected chi connectivity index (χ4v) is 3.54. The van der Waals surface area contributed by atoms with E-state index in [2.05, 4.69) is 23.2 Å². The van der Waals surface area contributed by atoms with Crippen molar-refractivity contribution in [2.24, 2.45) is 0 Å². The SMILES string of the molecule is COc1ccccc1C1CN(C(=O)c2c(C)noc2C(C)C)CCN1C. The maximum Gasteiger partial charge on any atom is 0.259 e. The van der Waals surface area contributed by atoms with E-state index < -0.39 is 0 Å². The summed E-state index contributed by atoms with van der Waals surface area (Å²) in [6.07, 6.45) is 0. The second-order valence-corrected chi connectivity index (χ2v) is 7.15. The molecule has 0 bridgehead atoms. The maximum atomic E-state index is 13.2. The zero-order valence-electron chi connectivity index (χ0n) is 16.2. The number of aromatic nitrogens is 1. The highest BCUT2D eigenvalue weighted by Gasteiger charge is 2.33. The van der Waals surface area contributed by atoms with Crippen molar-refractivity contribution in [1.29, 1.82) is 0 Å². The van der Waals surface area contributed by atoms with Crippen LogP contribution in [0.3, 0.4) is 0 Å². The fraction of sp³-hybridized carbons (Fsp3) is 0.500. The second kappa shape index (κ2) is 7.50. The van der Waals surface area contributed by atoms with E-state index in [-0.39, 0.29) is 17.9 Å². The molecule has 0 spiro atoms. The van der Waals surface area contributed by atoms with Crippen LogP contribution in [-0.4, -0.2) is 54.7 Å². The van der Waals surface area contributed by atoms with Gasteiger partial charge in [0.2, 0.25) is 0 Å². The number of piperazine rings is 1. The number of benzene rings is 1. The summed E-state index contributed by atoms with van der Waals surface area (Å²) in [5.74, 6) is 1.64. The Morgan fingerprint density at radius 2 is 2.04 bits per heavy atom. The molecule has 0 N–H and O–H groups in total. The van der Waals surface area contributed by atoms with Crippen LogP contribution in [0.25, 0.3) is 0 Å². The van der Waals surface area contributed by atoms with Crippen molar-refractivity contribution < 1.29 is 14.1 Å². The molecule has 1 aliphatic rings. The van der Waals surface area contributed by atoms with Crippen molar-refractivity contribution >= 4 is 5.91 Å². The summed E-state index contributed by atoms with van der Waals surface area (Å²) >= 11 is 0. The van der Waals surface area contributed by atoms with Gasteiger partial charge in [-0.15, -0.1) is 0 Å². The van der Waals surface area contributed by atoms with Crippen LogP contribution < -0.4 is 4.74 Å². The average Bonchev–Trinajstić information content (AvgIpc) is 3.03. The van der Waals surface area contributed by atoms with Gasteiger partial charge >= 0.3 is 0 Å². The molecule has 0 aliphatic carbocycles. The van der Waals surface area contributed by atoms with Gasteiger partial charge in [-0.2, -0.15) is 0 Å². The number of para-hydroxylation sites is 1. The number of carbonyl (C=O) groups is 1. The molecule has 2 heterocycles. The summed E-state index contributed by atoms with van der Waals surface area (Å²) in [4.78, 5) is 17.4. The van der Waals surface area contributed by atoms with Crippen LogP contribution in [0.5, 0.6) is 5.75 Å². The van der Waals surface area contributed by atoms with Crippen molar-refractivity contribution in [3.63, 3.8) is 0 Å². The summed E-state index contributed by atoms with van der Waals surface area (Å²) in [5.41, 5.74) is 2.37. The molecule has 0 radical (unpaired) electrons. The first kappa shape index (κ1) is 18.5. The van der Waals surface area contributed by atoms with E-state index in [0.717, 1.165) is 17.9 Å². The Morgan fingerprint density at radius 3 is 2.73 bits per heavy atom. The van der Waals surface area contributed by atoms with Gasteiger partial charge in [-0.25, -0.2) is 0 Å². The Labute approximate surface area is 154 Å². The van der Waals surface area contributed by atoms with Crippen molar-refractivity contribution in [2.75, 3.05) is 33.8 Å². The van der Waals surface area contributed by atoms with Gasteiger partial charge < -0.3 is 14.2 Å². The van der Waals surface area contributed by atoms with Crippen LogP contribution in [0.15, 0.2) is 28.8 Å². The predicted molar refractivity (Wildman–Crippen MR) is 99.6 cm³/mol. The Kier molecular flexibility index (Phi) is 5.32. The van der Waals surface area contributed by atoms with Gasteiger partial charge in [0, 0.05) is 31.1 Å². The number of ether oxygens (including phenoxy) is 1. The molecule has 1 aliphatic heterocycles. The molecule has 6 nitrogen and oxygen atoms in total. The van der Waals surface area contributed by atoms with Gasteiger partial charge in [0.25, 0.3) is 5.91 Å². The molecule has 140 valence electrons. The Balaban J connectivity index is 1.89. The highest BCUT2D eigenvalue weighted by Crippen LogP contribution is 2.32. The summed E-state index contributed by atoms with van der Waals surface area (Å²) < 4.78 is 10.9. The van der Waals surface area contributed by atoms with Crippen molar-refractivity contribution in [3.8, 4) is 5.75 Å². The number of amides is 1. The van der Waals surface area contributed by atoms with Gasteiger partial charge in [0.05, 0.1) is 18.8 Å². The quantitative estimate of drug-likeness (QED) is 0.841. The molecular weight excluding hydrogens is 330 g/mol. The van der Waals surface area contributed by atoms with E-state index in [1.165, 1.54) is 0 Å². The standard InChI is InChI=1S/C20H27N3O3/c1-13(2)19-18(14(3)21-26-19)20(24)23-11-10-22(4)16(12-23)15-8-6-7-9-17(15)25-5/h6-9,13,16H,10-12H2,1-5H3. The first-order valence-electron chi connectivity index (χ1n) is 9.02. The topological polar surface area (TPSA) is 58.8 Å². The number of hydrogen-bond acceptors (Lipinski definition) is 5. The molecule has 3 rings (SSSR count). The Bertz CT molecular complexity index is 784. The molecule has 1 unspecified atom stereocenters. The summed E-state index contributed by atoms with van der Waals surface area (Å²) in [6, 6.07) is 8.09. The highest BCUT2D eigenvalue weighted by atomic mass is 16.5. The predicted octanol–water partition coefficient (Wildman–Crippen LogP) is 3.24. The Hall–Kier alpha value is -2.34. The van der Waals surface area contributed by atoms with E-state index in [9.17, 15) is 4.79 Å². The number of rotatable bonds is 4. The maximum absolute atomic E-state index is 13.2. The number of likely N-dealkylation sites (N-methyl/N-ethyl adjacent to an activating group) is 1. The first-order valence-corrected chi connectivity index (χ1v) is 9.02. The van der Waals surface area contributed by atoms with E-state index in [0.29, 0.717) is 30.1 Å². The minimum Gasteiger partial charge on any atom is -0.496 e. The molecule has 1 aromatic heterocycles. The van der Waals surface area contributed by atoms with Gasteiger partial charge in [-0.05, 0) is 20.0 Å². The number of aryl methyl sites for hydroxylation is 1. The number of hydrogen-bond donors (Lipinski definition) is 0. The zero-order valence-corrected chi connectivity index (χ0v) is 16.2. The summed E-state index contributed by atoms with van der Waals surface area (Å²) in [5, 5.41) is 4.02. The lowest BCUT2D eigenvalue weighted by molar-refractivity contribution is 0.0539. The second-order valence-electron chi connectivity index (χ2n) is 7.15. The smallest absolute Gasteiger partial charge is 0.259 e. The molecule has 1 amide bonds. The monoisotopic (exact) mass is 357 g/mol. The lowest BCUT2D eigenvalue weighted by Gasteiger charge is -2.40. The van der Waals surface area contributed by atoms with E-state index in [4.69, 9.17) is 9.26 Å². The first-order chi connectivity index (χ1) is 12.4. The molecule has 1 atom stereocenters. The van der Waals surface area contributed by atoms with Crippen molar-refractivity contribution in [3.05, 3.63) is 46.8 Å². The minimum absolute atomic E-state index is 0.000415. The Morgan fingerprint density at radius 1 is 1.31 bits per heavy atom. The third-order valence-electron chi connectivity index (χ3n) is 5.06. The molecule has 2 aromatic rings. The molecule has 1 saturated heterocycles. The van der Waals surface area contributed by atoms with Gasteiger partial charge in [0.15, 0.2) is 5.76 Å². The number of carbonyl (C=O) groups excluding carboxylic acids is 1. The third-order valence-corrected chi connectivity index (χ3v) is 5.06. The van der Waals surface area contributed by atoms with Crippen LogP contribution in [0.1, 0.15) is 53.2 Å². The summed E-state index contributed by atoms with van der Waals surface area (Å²) in [7, 11) is 3.77. The molecule has 1 aromatic carbocycles. The average molecular weight is 357 g/mol. The molecular formula is C20H27N3O3. The molecule has 26 heavy (non-hydrogen) atoms. The van der Waals surface area contributed by atoms with Gasteiger partial charge in [0.1, 0.15) is 11.3 Å². The van der Waals surface area contributed by atoms with Gasteiger partial charge in [-0.3, -0.25) is 9.69 Å². The normalized spacial score (nSPS) is 18.4. The van der Waals surface area contributed by atoms with Crippen molar-refractivity contribution in [1.82, 2.24) is 15.0 Å². The molecule has 0 saturated carbocycles. The fourth-order valence-electron chi connectivity index (χ4n) is 3.54. The summed E-state index contributed by atoms with van der Waals surface area (Å²) in [6.45, 7) is 7.95. The lowest BCUT2D eigenvalue weighted by Crippen LogP contribution is -2.49. The van der Waals surface area contributed by atoms with Crippen LogP contribution in [0.4, 0.5) is 0 Å². The van der Waals surface area contributed by atoms with Crippen LogP contribution >= 0.6 is 0 Å².